The topological polar surface area (TPSA) is 47.6 Å². The number of rotatable bonds is 3. The predicted octanol–water partition coefficient (Wildman–Crippen LogP) is 1.32. The first kappa shape index (κ1) is 14.4. The monoisotopic (exact) mass is 277 g/mol. The summed E-state index contributed by atoms with van der Waals surface area (Å²) in [6, 6.07) is 2.00. The van der Waals surface area contributed by atoms with Gasteiger partial charge in [-0.15, -0.1) is 0 Å². The minimum absolute atomic E-state index is 0.0463. The maximum Gasteiger partial charge on any atom is 0.205 e. The molecule has 0 bridgehead atoms. The van der Waals surface area contributed by atoms with Gasteiger partial charge in [-0.05, 0) is 25.0 Å². The third kappa shape index (κ3) is 3.12. The molecular weight excluding hydrogens is 254 g/mol. The lowest BCUT2D eigenvalue weighted by atomic mass is 10.2. The number of guanidine groups is 2. The standard InChI is InChI=1S/C14H23N5O/c1-11-15-13(17(2)3)19(5)14(16-11)18(4)8-6-12-7-9-20-10-12/h7,9-11H,6,8H2,1-5H3. The maximum atomic E-state index is 5.09. The molecule has 1 aromatic rings. The Labute approximate surface area is 120 Å². The highest BCUT2D eigenvalue weighted by atomic mass is 16.3. The van der Waals surface area contributed by atoms with Crippen LogP contribution in [0.3, 0.4) is 0 Å². The Kier molecular flexibility index (Phi) is 4.32. The molecule has 1 aliphatic rings. The Bertz CT molecular complexity index is 492. The molecule has 1 unspecified atom stereocenters. The van der Waals surface area contributed by atoms with Crippen molar-refractivity contribution in [1.82, 2.24) is 14.7 Å². The van der Waals surface area contributed by atoms with Crippen molar-refractivity contribution in [2.75, 3.05) is 34.7 Å². The average Bonchev–Trinajstić information content (AvgIpc) is 2.91. The van der Waals surface area contributed by atoms with E-state index in [9.17, 15) is 0 Å². The van der Waals surface area contributed by atoms with Gasteiger partial charge in [0.05, 0.1) is 12.5 Å². The van der Waals surface area contributed by atoms with Crippen LogP contribution in [-0.4, -0.2) is 67.5 Å². The molecule has 0 spiro atoms. The molecule has 6 heteroatoms. The molecule has 6 nitrogen and oxygen atoms in total. The highest BCUT2D eigenvalue weighted by molar-refractivity contribution is 5.99. The van der Waals surface area contributed by atoms with Gasteiger partial charge in [-0.3, -0.25) is 4.90 Å². The zero-order chi connectivity index (χ0) is 14.7. The quantitative estimate of drug-likeness (QED) is 0.836. The van der Waals surface area contributed by atoms with Crippen LogP contribution in [0, 0.1) is 0 Å². The van der Waals surface area contributed by atoms with Crippen molar-refractivity contribution in [1.29, 1.82) is 0 Å². The van der Waals surface area contributed by atoms with Gasteiger partial charge in [0.1, 0.15) is 6.17 Å². The lowest BCUT2D eigenvalue weighted by Crippen LogP contribution is -2.51. The first-order valence-electron chi connectivity index (χ1n) is 6.78. The number of nitrogens with zero attached hydrogens (tertiary/aromatic N) is 5. The molecule has 110 valence electrons. The summed E-state index contributed by atoms with van der Waals surface area (Å²) in [5.74, 6) is 1.87. The van der Waals surface area contributed by atoms with Gasteiger partial charge >= 0.3 is 0 Å². The van der Waals surface area contributed by atoms with E-state index in [1.807, 2.05) is 43.9 Å². The Balaban J connectivity index is 2.03. The molecule has 0 saturated heterocycles. The normalized spacial score (nSPS) is 18.6. The van der Waals surface area contributed by atoms with E-state index in [0.717, 1.165) is 24.9 Å². The minimum atomic E-state index is -0.0463. The van der Waals surface area contributed by atoms with E-state index < -0.39 is 0 Å². The van der Waals surface area contributed by atoms with Crippen molar-refractivity contribution in [2.45, 2.75) is 19.5 Å². The van der Waals surface area contributed by atoms with Crippen LogP contribution in [0.1, 0.15) is 12.5 Å². The number of hydrogen-bond donors (Lipinski definition) is 0. The number of likely N-dealkylation sites (N-methyl/N-ethyl adjacent to an activating group) is 1. The van der Waals surface area contributed by atoms with Crippen LogP contribution in [-0.2, 0) is 6.42 Å². The molecule has 1 atom stereocenters. The van der Waals surface area contributed by atoms with Crippen molar-refractivity contribution in [2.24, 2.45) is 9.98 Å². The van der Waals surface area contributed by atoms with Crippen LogP contribution < -0.4 is 0 Å². The van der Waals surface area contributed by atoms with Gasteiger partial charge in [0.15, 0.2) is 0 Å². The highest BCUT2D eigenvalue weighted by Crippen LogP contribution is 2.11. The second-order valence-corrected chi connectivity index (χ2v) is 5.25. The smallest absolute Gasteiger partial charge is 0.205 e. The van der Waals surface area contributed by atoms with Gasteiger partial charge in [0.25, 0.3) is 0 Å². The third-order valence-electron chi connectivity index (χ3n) is 3.26. The van der Waals surface area contributed by atoms with Crippen molar-refractivity contribution < 1.29 is 4.42 Å². The molecule has 0 saturated carbocycles. The molecule has 0 aromatic carbocycles. The van der Waals surface area contributed by atoms with Gasteiger partial charge in [-0.2, -0.15) is 0 Å². The first-order valence-corrected chi connectivity index (χ1v) is 6.78. The Morgan fingerprint density at radius 2 is 1.95 bits per heavy atom. The van der Waals surface area contributed by atoms with Crippen LogP contribution in [0.15, 0.2) is 33.0 Å². The molecule has 2 heterocycles. The molecular formula is C14H23N5O. The van der Waals surface area contributed by atoms with E-state index in [4.69, 9.17) is 4.42 Å². The van der Waals surface area contributed by atoms with Crippen molar-refractivity contribution in [3.63, 3.8) is 0 Å². The van der Waals surface area contributed by atoms with E-state index in [0.29, 0.717) is 0 Å². The first-order chi connectivity index (χ1) is 9.49. The minimum Gasteiger partial charge on any atom is -0.472 e. The van der Waals surface area contributed by atoms with Gasteiger partial charge in [-0.25, -0.2) is 9.98 Å². The lowest BCUT2D eigenvalue weighted by molar-refractivity contribution is 0.411. The van der Waals surface area contributed by atoms with E-state index >= 15 is 0 Å². The average molecular weight is 277 g/mol. The van der Waals surface area contributed by atoms with E-state index in [1.54, 1.807) is 12.5 Å². The molecule has 1 aliphatic heterocycles. The molecule has 0 fully saturated rings. The molecule has 2 rings (SSSR count). The molecule has 0 amide bonds. The Morgan fingerprint density at radius 1 is 1.25 bits per heavy atom. The largest absolute Gasteiger partial charge is 0.472 e. The van der Waals surface area contributed by atoms with Gasteiger partial charge in [0.2, 0.25) is 11.9 Å². The van der Waals surface area contributed by atoms with Crippen LogP contribution >= 0.6 is 0 Å². The zero-order valence-corrected chi connectivity index (χ0v) is 12.9. The van der Waals surface area contributed by atoms with E-state index in [-0.39, 0.29) is 6.17 Å². The van der Waals surface area contributed by atoms with Crippen molar-refractivity contribution >= 4 is 11.9 Å². The van der Waals surface area contributed by atoms with Gasteiger partial charge in [-0.1, -0.05) is 0 Å². The second-order valence-electron chi connectivity index (χ2n) is 5.25. The fraction of sp³-hybridized carbons (Fsp3) is 0.571. The summed E-state index contributed by atoms with van der Waals surface area (Å²) in [5.41, 5.74) is 1.20. The summed E-state index contributed by atoms with van der Waals surface area (Å²) in [6.07, 6.45) is 4.38. The summed E-state index contributed by atoms with van der Waals surface area (Å²) < 4.78 is 5.09. The second kappa shape index (κ2) is 5.98. The van der Waals surface area contributed by atoms with Crippen LogP contribution in [0.2, 0.25) is 0 Å². The summed E-state index contributed by atoms with van der Waals surface area (Å²) in [4.78, 5) is 15.4. The van der Waals surface area contributed by atoms with Crippen LogP contribution in [0.25, 0.3) is 0 Å². The predicted molar refractivity (Wildman–Crippen MR) is 80.8 cm³/mol. The fourth-order valence-corrected chi connectivity index (χ4v) is 2.23. The molecule has 0 aliphatic carbocycles. The lowest BCUT2D eigenvalue weighted by Gasteiger charge is -2.35. The van der Waals surface area contributed by atoms with Crippen molar-refractivity contribution in [3.8, 4) is 0 Å². The van der Waals surface area contributed by atoms with Crippen molar-refractivity contribution in [3.05, 3.63) is 24.2 Å². The van der Waals surface area contributed by atoms with Crippen LogP contribution in [0.4, 0.5) is 0 Å². The van der Waals surface area contributed by atoms with E-state index in [1.165, 1.54) is 5.56 Å². The summed E-state index contributed by atoms with van der Waals surface area (Å²) in [7, 11) is 8.05. The summed E-state index contributed by atoms with van der Waals surface area (Å²) in [5, 5.41) is 0. The number of aliphatic imine (C=N–C) groups is 2. The maximum absolute atomic E-state index is 5.09. The SMILES string of the molecule is CC1N=C(N(C)C)N(C)C(N(C)CCc2ccoc2)=N1. The van der Waals surface area contributed by atoms with Gasteiger partial charge in [0, 0.05) is 34.7 Å². The highest BCUT2D eigenvalue weighted by Gasteiger charge is 2.23. The molecule has 20 heavy (non-hydrogen) atoms. The molecule has 0 radical (unpaired) electrons. The van der Waals surface area contributed by atoms with E-state index in [2.05, 4.69) is 21.9 Å². The third-order valence-corrected chi connectivity index (χ3v) is 3.26. The zero-order valence-electron chi connectivity index (χ0n) is 12.9. The van der Waals surface area contributed by atoms with Crippen LogP contribution in [0.5, 0.6) is 0 Å². The fourth-order valence-electron chi connectivity index (χ4n) is 2.23. The Hall–Kier alpha value is -1.98. The molecule has 1 aromatic heterocycles. The number of hydrogen-bond acceptors (Lipinski definition) is 6. The summed E-state index contributed by atoms with van der Waals surface area (Å²) in [6.45, 7) is 2.89. The van der Waals surface area contributed by atoms with Gasteiger partial charge < -0.3 is 14.2 Å². The summed E-state index contributed by atoms with van der Waals surface area (Å²) >= 11 is 0. The number of furan rings is 1. The molecule has 0 N–H and O–H groups in total. The Morgan fingerprint density at radius 3 is 2.55 bits per heavy atom.